The van der Waals surface area contributed by atoms with Crippen molar-refractivity contribution in [1.29, 1.82) is 0 Å². The Morgan fingerprint density at radius 2 is 2.31 bits per heavy atom. The van der Waals surface area contributed by atoms with E-state index in [2.05, 4.69) is 27.0 Å². The Balaban J connectivity index is 2.64. The van der Waals surface area contributed by atoms with Gasteiger partial charge in [-0.1, -0.05) is 22.0 Å². The fourth-order valence-corrected chi connectivity index (χ4v) is 2.10. The first-order valence-corrected chi connectivity index (χ1v) is 4.85. The second kappa shape index (κ2) is 3.52. The van der Waals surface area contributed by atoms with Crippen molar-refractivity contribution in [2.24, 2.45) is 0 Å². The molecule has 0 spiro atoms. The zero-order chi connectivity index (χ0) is 9.26. The Hall–Kier alpha value is -0.800. The number of H-pyrrole nitrogens is 1. The molecular formula is C10H10BrNO. The van der Waals surface area contributed by atoms with Gasteiger partial charge in [-0.15, -0.1) is 0 Å². The molecule has 0 radical (unpaired) electrons. The maximum atomic E-state index is 5.11. The first-order valence-electron chi connectivity index (χ1n) is 4.06. The van der Waals surface area contributed by atoms with Crippen LogP contribution >= 0.6 is 15.9 Å². The minimum Gasteiger partial charge on any atom is -0.380 e. The Morgan fingerprint density at radius 3 is 3.08 bits per heavy atom. The van der Waals surface area contributed by atoms with Gasteiger partial charge in [0, 0.05) is 34.2 Å². The summed E-state index contributed by atoms with van der Waals surface area (Å²) in [6.07, 6.45) is 1.99. The number of benzene rings is 1. The molecule has 68 valence electrons. The van der Waals surface area contributed by atoms with Crippen molar-refractivity contribution in [2.75, 3.05) is 7.11 Å². The predicted octanol–water partition coefficient (Wildman–Crippen LogP) is 3.08. The minimum atomic E-state index is 0.641. The third kappa shape index (κ3) is 1.49. The molecule has 0 bridgehead atoms. The number of fused-ring (bicyclic) bond motifs is 1. The molecule has 1 aromatic carbocycles. The summed E-state index contributed by atoms with van der Waals surface area (Å²) in [5.74, 6) is 0. The molecule has 0 unspecified atom stereocenters. The molecule has 1 aromatic heterocycles. The molecule has 0 saturated heterocycles. The molecule has 0 saturated carbocycles. The summed E-state index contributed by atoms with van der Waals surface area (Å²) >= 11 is 3.52. The van der Waals surface area contributed by atoms with E-state index in [9.17, 15) is 0 Å². The third-order valence-electron chi connectivity index (χ3n) is 2.04. The number of halogens is 1. The summed E-state index contributed by atoms with van der Waals surface area (Å²) in [4.78, 5) is 3.20. The number of hydrogen-bond donors (Lipinski definition) is 1. The van der Waals surface area contributed by atoms with Crippen LogP contribution in [-0.2, 0) is 11.3 Å². The number of nitrogens with one attached hydrogen (secondary N) is 1. The van der Waals surface area contributed by atoms with Crippen LogP contribution in [0.15, 0.2) is 28.9 Å². The smallest absolute Gasteiger partial charge is 0.0734 e. The molecule has 1 heterocycles. The van der Waals surface area contributed by atoms with Crippen molar-refractivity contribution >= 4 is 26.8 Å². The van der Waals surface area contributed by atoms with E-state index in [-0.39, 0.29) is 0 Å². The fraction of sp³-hybridized carbons (Fsp3) is 0.200. The van der Waals surface area contributed by atoms with Crippen LogP contribution in [0.2, 0.25) is 0 Å². The van der Waals surface area contributed by atoms with Crippen LogP contribution in [0, 0.1) is 0 Å². The molecule has 3 heteroatoms. The van der Waals surface area contributed by atoms with Gasteiger partial charge in [0.25, 0.3) is 0 Å². The molecule has 2 nitrogen and oxygen atoms in total. The largest absolute Gasteiger partial charge is 0.380 e. The number of hydrogen-bond acceptors (Lipinski definition) is 1. The predicted molar refractivity (Wildman–Crippen MR) is 56.7 cm³/mol. The molecule has 0 amide bonds. The van der Waals surface area contributed by atoms with E-state index in [1.54, 1.807) is 7.11 Å². The van der Waals surface area contributed by atoms with Gasteiger partial charge in [0.05, 0.1) is 6.61 Å². The molecule has 2 aromatic rings. The lowest BCUT2D eigenvalue weighted by Crippen LogP contribution is -1.84. The summed E-state index contributed by atoms with van der Waals surface area (Å²) in [5, 5.41) is 1.21. The van der Waals surface area contributed by atoms with Gasteiger partial charge in [-0.25, -0.2) is 0 Å². The molecule has 13 heavy (non-hydrogen) atoms. The lowest BCUT2D eigenvalue weighted by Gasteiger charge is -1.98. The van der Waals surface area contributed by atoms with Crippen LogP contribution in [0.4, 0.5) is 0 Å². The Labute approximate surface area is 85.0 Å². The fourth-order valence-electron chi connectivity index (χ4n) is 1.48. The number of rotatable bonds is 2. The number of ether oxygens (including phenoxy) is 1. The highest BCUT2D eigenvalue weighted by Crippen LogP contribution is 2.27. The Morgan fingerprint density at radius 1 is 1.46 bits per heavy atom. The average Bonchev–Trinajstić information content (AvgIpc) is 2.51. The van der Waals surface area contributed by atoms with Gasteiger partial charge in [-0.3, -0.25) is 0 Å². The van der Waals surface area contributed by atoms with Gasteiger partial charge in [0.1, 0.15) is 0 Å². The second-order valence-corrected chi connectivity index (χ2v) is 3.76. The number of aromatic nitrogens is 1. The highest BCUT2D eigenvalue weighted by atomic mass is 79.9. The normalized spacial score (nSPS) is 10.9. The summed E-state index contributed by atoms with van der Waals surface area (Å²) in [6, 6.07) is 6.11. The van der Waals surface area contributed by atoms with Crippen LogP contribution < -0.4 is 0 Å². The average molecular weight is 240 g/mol. The van der Waals surface area contributed by atoms with Crippen LogP contribution in [0.3, 0.4) is 0 Å². The van der Waals surface area contributed by atoms with Gasteiger partial charge in [0.15, 0.2) is 0 Å². The number of methoxy groups -OCH3 is 1. The van der Waals surface area contributed by atoms with E-state index in [1.807, 2.05) is 18.3 Å². The summed E-state index contributed by atoms with van der Waals surface area (Å²) in [7, 11) is 1.70. The molecular weight excluding hydrogens is 230 g/mol. The van der Waals surface area contributed by atoms with Gasteiger partial charge in [-0.05, 0) is 12.1 Å². The van der Waals surface area contributed by atoms with E-state index >= 15 is 0 Å². The lowest BCUT2D eigenvalue weighted by molar-refractivity contribution is 0.186. The standard InChI is InChI=1S/C10H10BrNO/c1-13-6-7-5-12-9-4-2-3-8(11)10(7)9/h2-5,12H,6H2,1H3. The molecule has 0 atom stereocenters. The van der Waals surface area contributed by atoms with E-state index in [1.165, 1.54) is 10.9 Å². The molecule has 2 rings (SSSR count). The maximum Gasteiger partial charge on any atom is 0.0734 e. The molecule has 0 fully saturated rings. The van der Waals surface area contributed by atoms with Crippen LogP contribution in [0.1, 0.15) is 5.56 Å². The van der Waals surface area contributed by atoms with Crippen LogP contribution in [0.25, 0.3) is 10.9 Å². The van der Waals surface area contributed by atoms with E-state index in [0.29, 0.717) is 6.61 Å². The lowest BCUT2D eigenvalue weighted by atomic mass is 10.2. The van der Waals surface area contributed by atoms with E-state index in [0.717, 1.165) is 9.99 Å². The van der Waals surface area contributed by atoms with E-state index < -0.39 is 0 Å². The Kier molecular flexibility index (Phi) is 2.38. The quantitative estimate of drug-likeness (QED) is 0.857. The van der Waals surface area contributed by atoms with Gasteiger partial charge < -0.3 is 9.72 Å². The zero-order valence-electron chi connectivity index (χ0n) is 7.30. The van der Waals surface area contributed by atoms with Crippen molar-refractivity contribution in [3.05, 3.63) is 34.4 Å². The first-order chi connectivity index (χ1) is 6.33. The number of aromatic amines is 1. The highest BCUT2D eigenvalue weighted by Gasteiger charge is 2.05. The van der Waals surface area contributed by atoms with Gasteiger partial charge >= 0.3 is 0 Å². The monoisotopic (exact) mass is 239 g/mol. The van der Waals surface area contributed by atoms with Crippen molar-refractivity contribution in [3.8, 4) is 0 Å². The van der Waals surface area contributed by atoms with Crippen molar-refractivity contribution in [1.82, 2.24) is 4.98 Å². The summed E-state index contributed by atoms with van der Waals surface area (Å²) in [6.45, 7) is 0.641. The Bertz CT molecular complexity index is 422. The van der Waals surface area contributed by atoms with Crippen molar-refractivity contribution < 1.29 is 4.74 Å². The topological polar surface area (TPSA) is 25.0 Å². The SMILES string of the molecule is COCc1c[nH]c2cccc(Br)c12. The molecule has 0 aliphatic heterocycles. The second-order valence-electron chi connectivity index (χ2n) is 2.91. The summed E-state index contributed by atoms with van der Waals surface area (Å²) < 4.78 is 6.22. The molecule has 1 N–H and O–H groups in total. The van der Waals surface area contributed by atoms with Crippen molar-refractivity contribution in [2.45, 2.75) is 6.61 Å². The minimum absolute atomic E-state index is 0.641. The van der Waals surface area contributed by atoms with Gasteiger partial charge in [0.2, 0.25) is 0 Å². The molecule has 0 aliphatic rings. The zero-order valence-corrected chi connectivity index (χ0v) is 8.89. The van der Waals surface area contributed by atoms with E-state index in [4.69, 9.17) is 4.74 Å². The maximum absolute atomic E-state index is 5.11. The highest BCUT2D eigenvalue weighted by molar-refractivity contribution is 9.10. The van der Waals surface area contributed by atoms with Crippen LogP contribution in [0.5, 0.6) is 0 Å². The third-order valence-corrected chi connectivity index (χ3v) is 2.70. The van der Waals surface area contributed by atoms with Crippen LogP contribution in [-0.4, -0.2) is 12.1 Å². The van der Waals surface area contributed by atoms with Gasteiger partial charge in [-0.2, -0.15) is 0 Å². The first kappa shape index (κ1) is 8.78. The summed E-state index contributed by atoms with van der Waals surface area (Å²) in [5.41, 5.74) is 2.33. The molecule has 0 aliphatic carbocycles. The van der Waals surface area contributed by atoms with Crippen molar-refractivity contribution in [3.63, 3.8) is 0 Å².